The molecule has 0 saturated carbocycles. The first-order chi connectivity index (χ1) is 9.41. The first-order valence-electron chi connectivity index (χ1n) is 6.91. The Kier molecular flexibility index (Phi) is 7.12. The summed E-state index contributed by atoms with van der Waals surface area (Å²) in [5.74, 6) is 1.09. The largest absolute Gasteiger partial charge is 0.0843 e. The van der Waals surface area contributed by atoms with E-state index in [0.29, 0.717) is 11.8 Å². The fourth-order valence-electron chi connectivity index (χ4n) is 1.81. The van der Waals surface area contributed by atoms with Crippen molar-refractivity contribution in [2.24, 2.45) is 0 Å². The first kappa shape index (κ1) is 17.1. The third kappa shape index (κ3) is 5.56. The predicted octanol–water partition coefficient (Wildman–Crippen LogP) is 6.93. The van der Waals surface area contributed by atoms with E-state index in [1.54, 1.807) is 0 Å². The van der Waals surface area contributed by atoms with Gasteiger partial charge in [-0.25, -0.2) is 0 Å². The summed E-state index contributed by atoms with van der Waals surface area (Å²) in [5.41, 5.74) is 2.52. The molecule has 2 aromatic rings. The van der Waals surface area contributed by atoms with Crippen molar-refractivity contribution in [2.45, 2.75) is 39.5 Å². The Morgan fingerprint density at radius 1 is 0.750 bits per heavy atom. The topological polar surface area (TPSA) is 0 Å². The van der Waals surface area contributed by atoms with Crippen molar-refractivity contribution in [1.29, 1.82) is 0 Å². The van der Waals surface area contributed by atoms with Crippen LogP contribution in [0.1, 0.15) is 50.7 Å². The molecule has 0 aliphatic heterocycles. The van der Waals surface area contributed by atoms with Crippen LogP contribution in [0.3, 0.4) is 0 Å². The molecule has 0 N–H and O–H groups in total. The number of hydrogen-bond acceptors (Lipinski definition) is 0. The average molecular weight is 309 g/mol. The lowest BCUT2D eigenvalue weighted by molar-refractivity contribution is 0.867. The molecular formula is C18H22Cl2. The maximum Gasteiger partial charge on any atom is 0.0440 e. The highest BCUT2D eigenvalue weighted by Crippen LogP contribution is 2.22. The van der Waals surface area contributed by atoms with Gasteiger partial charge < -0.3 is 0 Å². The van der Waals surface area contributed by atoms with Gasteiger partial charge in [0, 0.05) is 10.0 Å². The predicted molar refractivity (Wildman–Crippen MR) is 91.1 cm³/mol. The van der Waals surface area contributed by atoms with Crippen LogP contribution in [-0.2, 0) is 0 Å². The first-order valence-corrected chi connectivity index (χ1v) is 7.67. The van der Waals surface area contributed by atoms with Gasteiger partial charge in [0.2, 0.25) is 0 Å². The molecule has 108 valence electrons. The fourth-order valence-corrected chi connectivity index (χ4v) is 2.36. The van der Waals surface area contributed by atoms with E-state index in [9.17, 15) is 0 Å². The Bertz CT molecular complexity index is 530. The molecule has 0 spiro atoms. The van der Waals surface area contributed by atoms with Crippen molar-refractivity contribution in [1.82, 2.24) is 0 Å². The van der Waals surface area contributed by atoms with E-state index in [0.717, 1.165) is 10.0 Å². The van der Waals surface area contributed by atoms with Crippen LogP contribution in [-0.4, -0.2) is 0 Å². The number of halogens is 2. The van der Waals surface area contributed by atoms with Gasteiger partial charge in [-0.2, -0.15) is 0 Å². The molecule has 0 saturated heterocycles. The monoisotopic (exact) mass is 308 g/mol. The lowest BCUT2D eigenvalue weighted by Gasteiger charge is -2.05. The van der Waals surface area contributed by atoms with Crippen molar-refractivity contribution >= 4 is 23.2 Å². The lowest BCUT2D eigenvalue weighted by Crippen LogP contribution is -1.86. The fraction of sp³-hybridized carbons (Fsp3) is 0.333. The Labute approximate surface area is 132 Å². The van der Waals surface area contributed by atoms with Crippen molar-refractivity contribution in [3.05, 3.63) is 69.7 Å². The van der Waals surface area contributed by atoms with E-state index in [4.69, 9.17) is 23.2 Å². The molecule has 0 aliphatic rings. The molecule has 0 amide bonds. The summed E-state index contributed by atoms with van der Waals surface area (Å²) in [5, 5.41) is 1.70. The van der Waals surface area contributed by atoms with Crippen molar-refractivity contribution in [3.63, 3.8) is 0 Å². The maximum absolute atomic E-state index is 5.92. The third-order valence-corrected chi connectivity index (χ3v) is 3.62. The van der Waals surface area contributed by atoms with Crippen LogP contribution in [0.15, 0.2) is 48.5 Å². The van der Waals surface area contributed by atoms with Gasteiger partial charge >= 0.3 is 0 Å². The van der Waals surface area contributed by atoms with Crippen molar-refractivity contribution < 1.29 is 0 Å². The second kappa shape index (κ2) is 8.34. The zero-order valence-corrected chi connectivity index (χ0v) is 14.0. The van der Waals surface area contributed by atoms with Crippen LogP contribution in [0.5, 0.6) is 0 Å². The highest BCUT2D eigenvalue weighted by Gasteiger charge is 2.01. The Morgan fingerprint density at radius 3 is 1.80 bits per heavy atom. The van der Waals surface area contributed by atoms with Gasteiger partial charge in [-0.1, -0.05) is 81.2 Å². The van der Waals surface area contributed by atoms with E-state index in [1.165, 1.54) is 11.1 Å². The summed E-state index contributed by atoms with van der Waals surface area (Å²) in [6.07, 6.45) is 0. The molecule has 2 rings (SSSR count). The van der Waals surface area contributed by atoms with Crippen molar-refractivity contribution in [3.8, 4) is 0 Å². The lowest BCUT2D eigenvalue weighted by atomic mass is 10.0. The number of rotatable bonds is 2. The molecule has 2 aromatic carbocycles. The molecule has 0 nitrogen and oxygen atoms in total. The minimum atomic E-state index is 0.522. The standard InChI is InChI=1S/2C9H11Cl/c1-7(2)8-4-3-5-9(10)6-8;1-7(2)8-5-3-4-6-9(8)10/h2*3-7H,1-2H3. The maximum atomic E-state index is 5.92. The SMILES string of the molecule is CC(C)c1cccc(Cl)c1.CC(C)c1ccccc1Cl. The van der Waals surface area contributed by atoms with Crippen LogP contribution in [0.25, 0.3) is 0 Å². The summed E-state index contributed by atoms with van der Waals surface area (Å²) < 4.78 is 0. The minimum Gasteiger partial charge on any atom is -0.0843 e. The third-order valence-electron chi connectivity index (χ3n) is 3.04. The summed E-state index contributed by atoms with van der Waals surface area (Å²) in [4.78, 5) is 0. The molecule has 0 atom stereocenters. The minimum absolute atomic E-state index is 0.522. The van der Waals surface area contributed by atoms with Gasteiger partial charge in [-0.15, -0.1) is 0 Å². The second-order valence-electron chi connectivity index (χ2n) is 5.39. The van der Waals surface area contributed by atoms with Gasteiger partial charge in [0.15, 0.2) is 0 Å². The average Bonchev–Trinajstić information content (AvgIpc) is 2.39. The molecule has 0 aliphatic carbocycles. The van der Waals surface area contributed by atoms with Crippen LogP contribution >= 0.6 is 23.2 Å². The zero-order valence-electron chi connectivity index (χ0n) is 12.5. The molecule has 0 bridgehead atoms. The van der Waals surface area contributed by atoms with Crippen LogP contribution in [0.4, 0.5) is 0 Å². The molecule has 0 heterocycles. The second-order valence-corrected chi connectivity index (χ2v) is 6.23. The van der Waals surface area contributed by atoms with Gasteiger partial charge in [0.05, 0.1) is 0 Å². The van der Waals surface area contributed by atoms with Gasteiger partial charge in [-0.05, 0) is 41.2 Å². The molecular weight excluding hydrogens is 287 g/mol. The number of hydrogen-bond donors (Lipinski definition) is 0. The quantitative estimate of drug-likeness (QED) is 0.564. The Hall–Kier alpha value is -0.980. The van der Waals surface area contributed by atoms with E-state index in [-0.39, 0.29) is 0 Å². The molecule has 2 heteroatoms. The van der Waals surface area contributed by atoms with E-state index in [1.807, 2.05) is 36.4 Å². The van der Waals surface area contributed by atoms with E-state index >= 15 is 0 Å². The van der Waals surface area contributed by atoms with Crippen LogP contribution < -0.4 is 0 Å². The number of benzene rings is 2. The van der Waals surface area contributed by atoms with Gasteiger partial charge in [-0.3, -0.25) is 0 Å². The van der Waals surface area contributed by atoms with Crippen LogP contribution in [0, 0.1) is 0 Å². The normalized spacial score (nSPS) is 10.4. The molecule has 0 radical (unpaired) electrons. The highest BCUT2D eigenvalue weighted by atomic mass is 35.5. The summed E-state index contributed by atoms with van der Waals surface area (Å²) in [6.45, 7) is 8.60. The van der Waals surface area contributed by atoms with E-state index in [2.05, 4.69) is 39.8 Å². The van der Waals surface area contributed by atoms with Crippen molar-refractivity contribution in [2.75, 3.05) is 0 Å². The van der Waals surface area contributed by atoms with Crippen LogP contribution in [0.2, 0.25) is 10.0 Å². The molecule has 0 aromatic heterocycles. The Morgan fingerprint density at radius 2 is 1.40 bits per heavy atom. The van der Waals surface area contributed by atoms with E-state index < -0.39 is 0 Å². The highest BCUT2D eigenvalue weighted by molar-refractivity contribution is 6.31. The molecule has 0 fully saturated rings. The zero-order chi connectivity index (χ0) is 15.1. The smallest absolute Gasteiger partial charge is 0.0440 e. The summed E-state index contributed by atoms with van der Waals surface area (Å²) >= 11 is 11.7. The van der Waals surface area contributed by atoms with Gasteiger partial charge in [0.1, 0.15) is 0 Å². The molecule has 20 heavy (non-hydrogen) atoms. The van der Waals surface area contributed by atoms with Gasteiger partial charge in [0.25, 0.3) is 0 Å². The molecule has 0 unspecified atom stereocenters. The summed E-state index contributed by atoms with van der Waals surface area (Å²) in [7, 11) is 0. The summed E-state index contributed by atoms with van der Waals surface area (Å²) in [6, 6.07) is 15.9. The Balaban J connectivity index is 0.000000200.